The second-order valence-corrected chi connectivity index (χ2v) is 21.0. The zero-order chi connectivity index (χ0) is 34.2. The van der Waals surface area contributed by atoms with Gasteiger partial charge >= 0.3 is 0 Å². The van der Waals surface area contributed by atoms with E-state index in [0.717, 1.165) is 31.8 Å². The first-order chi connectivity index (χ1) is 23.2. The molecule has 0 bridgehead atoms. The van der Waals surface area contributed by atoms with E-state index in [-0.39, 0.29) is 0 Å². The van der Waals surface area contributed by atoms with Crippen molar-refractivity contribution in [3.05, 3.63) is 0 Å². The molecule has 0 aliphatic rings. The largest absolute Gasteiger partial charge is 0.322 e. The van der Waals surface area contributed by atoms with Gasteiger partial charge in [-0.1, -0.05) is 244 Å². The minimum atomic E-state index is -2.22. The van der Waals surface area contributed by atoms with E-state index in [1.54, 1.807) is 0 Å². The van der Waals surface area contributed by atoms with Crippen LogP contribution in [0.5, 0.6) is 0 Å². The molecular formula is C42H87O2PS2. The van der Waals surface area contributed by atoms with Gasteiger partial charge in [-0.15, -0.1) is 0 Å². The van der Waals surface area contributed by atoms with Crippen LogP contribution in [-0.4, -0.2) is 19.0 Å². The van der Waals surface area contributed by atoms with E-state index in [0.29, 0.717) is 0 Å². The summed E-state index contributed by atoms with van der Waals surface area (Å²) in [6.45, 7) is 8.48. The van der Waals surface area contributed by atoms with Crippen molar-refractivity contribution in [2.75, 3.05) is 19.0 Å². The summed E-state index contributed by atoms with van der Waals surface area (Å²) in [5, 5.41) is 0. The van der Waals surface area contributed by atoms with Gasteiger partial charge < -0.3 is 9.05 Å². The molecule has 0 radical (unpaired) electrons. The number of rotatable bonds is 42. The predicted molar refractivity (Wildman–Crippen MR) is 222 cm³/mol. The molecule has 0 atom stereocenters. The van der Waals surface area contributed by atoms with E-state index in [2.05, 4.69) is 20.8 Å². The summed E-state index contributed by atoms with van der Waals surface area (Å²) in [7, 11) is 0. The SMILES string of the molecule is CCCCCCCCCCCCCCOP(=S)(OCCCCCCCCCCCCCC)SCCCCCCCCCCCCCC. The Balaban J connectivity index is 4.08. The quantitative estimate of drug-likeness (QED) is 0.0462. The van der Waals surface area contributed by atoms with Gasteiger partial charge in [-0.2, -0.15) is 0 Å². The van der Waals surface area contributed by atoms with Gasteiger partial charge in [-0.25, -0.2) is 0 Å². The van der Waals surface area contributed by atoms with Crippen LogP contribution in [0.1, 0.15) is 252 Å². The van der Waals surface area contributed by atoms with Gasteiger partial charge in [0.2, 0.25) is 5.69 Å². The molecule has 0 aliphatic carbocycles. The number of hydrogen-bond acceptors (Lipinski definition) is 4. The summed E-state index contributed by atoms with van der Waals surface area (Å²) in [6.07, 6.45) is 49.7. The van der Waals surface area contributed by atoms with Crippen LogP contribution >= 0.6 is 17.1 Å². The maximum atomic E-state index is 6.40. The monoisotopic (exact) mass is 719 g/mol. The molecule has 0 aromatic rings. The molecule has 47 heavy (non-hydrogen) atoms. The zero-order valence-electron chi connectivity index (χ0n) is 32.7. The summed E-state index contributed by atoms with van der Waals surface area (Å²) >= 11 is 7.95. The fourth-order valence-electron chi connectivity index (χ4n) is 6.47. The van der Waals surface area contributed by atoms with Crippen molar-refractivity contribution in [2.45, 2.75) is 252 Å². The summed E-state index contributed by atoms with van der Waals surface area (Å²) < 4.78 is 12.8. The van der Waals surface area contributed by atoms with Crippen molar-refractivity contribution in [1.29, 1.82) is 0 Å². The zero-order valence-corrected chi connectivity index (χ0v) is 35.2. The molecule has 284 valence electrons. The van der Waals surface area contributed by atoms with Crippen LogP contribution in [0, 0.1) is 0 Å². The molecule has 0 aromatic carbocycles. The summed E-state index contributed by atoms with van der Waals surface area (Å²) in [6, 6.07) is 0. The Kier molecular flexibility index (Phi) is 42.2. The molecule has 0 saturated carbocycles. The fraction of sp³-hybridized carbons (Fsp3) is 1.00. The van der Waals surface area contributed by atoms with E-state index in [1.807, 2.05) is 11.4 Å². The molecule has 0 heterocycles. The molecule has 0 aliphatic heterocycles. The maximum Gasteiger partial charge on any atom is 0.247 e. The minimum Gasteiger partial charge on any atom is -0.322 e. The normalized spacial score (nSPS) is 12.0. The first-order valence-electron chi connectivity index (χ1n) is 21.7. The minimum absolute atomic E-state index is 0.790. The molecular weight excluding hydrogens is 632 g/mol. The highest BCUT2D eigenvalue weighted by Crippen LogP contribution is 2.61. The smallest absolute Gasteiger partial charge is 0.247 e. The van der Waals surface area contributed by atoms with Gasteiger partial charge in [-0.3, -0.25) is 0 Å². The molecule has 0 amide bonds. The standard InChI is InChI=1S/C42H87O2PS2/c1-4-7-10-13-16-19-22-25-28-31-34-37-40-43-45(46,44-41-38-35-32-29-26-23-20-17-14-11-8-5-2)47-42-39-36-33-30-27-24-21-18-15-12-9-6-3/h4-42H2,1-3H3. The van der Waals surface area contributed by atoms with Gasteiger partial charge in [0.25, 0.3) is 0 Å². The Morgan fingerprint density at radius 1 is 0.319 bits per heavy atom. The van der Waals surface area contributed by atoms with Crippen molar-refractivity contribution in [3.63, 3.8) is 0 Å². The maximum absolute atomic E-state index is 6.40. The molecule has 0 N–H and O–H groups in total. The Morgan fingerprint density at radius 2 is 0.532 bits per heavy atom. The van der Waals surface area contributed by atoms with Crippen LogP contribution in [-0.2, 0) is 20.9 Å². The first kappa shape index (κ1) is 47.9. The van der Waals surface area contributed by atoms with Crippen molar-refractivity contribution in [1.82, 2.24) is 0 Å². The highest BCUT2D eigenvalue weighted by Gasteiger charge is 2.19. The van der Waals surface area contributed by atoms with E-state index < -0.39 is 5.69 Å². The third-order valence-corrected chi connectivity index (χ3v) is 15.2. The van der Waals surface area contributed by atoms with Gasteiger partial charge in [0.15, 0.2) is 0 Å². The van der Waals surface area contributed by atoms with E-state index in [9.17, 15) is 0 Å². The van der Waals surface area contributed by atoms with Crippen molar-refractivity contribution >= 4 is 28.9 Å². The summed E-state index contributed by atoms with van der Waals surface area (Å²) in [5.74, 6) is 1.10. The van der Waals surface area contributed by atoms with Crippen molar-refractivity contribution in [2.24, 2.45) is 0 Å². The van der Waals surface area contributed by atoms with Gasteiger partial charge in [0, 0.05) is 5.75 Å². The third-order valence-electron chi connectivity index (χ3n) is 9.74. The topological polar surface area (TPSA) is 18.5 Å². The molecule has 0 rings (SSSR count). The van der Waals surface area contributed by atoms with Crippen LogP contribution in [0.4, 0.5) is 0 Å². The molecule has 0 saturated heterocycles. The molecule has 0 unspecified atom stereocenters. The van der Waals surface area contributed by atoms with Gasteiger partial charge in [0.1, 0.15) is 0 Å². The van der Waals surface area contributed by atoms with Crippen molar-refractivity contribution < 1.29 is 9.05 Å². The van der Waals surface area contributed by atoms with Crippen LogP contribution in [0.2, 0.25) is 0 Å². The highest BCUT2D eigenvalue weighted by atomic mass is 32.9. The Hall–Kier alpha value is 0.920. The third kappa shape index (κ3) is 39.6. The van der Waals surface area contributed by atoms with Crippen LogP contribution in [0.3, 0.4) is 0 Å². The lowest BCUT2D eigenvalue weighted by molar-refractivity contribution is 0.249. The average Bonchev–Trinajstić information content (AvgIpc) is 3.07. The predicted octanol–water partition coefficient (Wildman–Crippen LogP) is 17.1. The summed E-state index contributed by atoms with van der Waals surface area (Å²) in [5.41, 5.74) is -2.22. The highest BCUT2D eigenvalue weighted by molar-refractivity contribution is 8.67. The molecule has 0 aromatic heterocycles. The first-order valence-corrected chi connectivity index (χ1v) is 25.9. The Bertz CT molecular complexity index is 537. The molecule has 2 nitrogen and oxygen atoms in total. The number of hydrogen-bond donors (Lipinski definition) is 0. The number of unbranched alkanes of at least 4 members (excludes halogenated alkanes) is 33. The lowest BCUT2D eigenvalue weighted by Crippen LogP contribution is -1.98. The van der Waals surface area contributed by atoms with E-state index >= 15 is 0 Å². The fourth-order valence-corrected chi connectivity index (χ4v) is 11.0. The van der Waals surface area contributed by atoms with E-state index in [1.165, 1.54) is 218 Å². The lowest BCUT2D eigenvalue weighted by Gasteiger charge is -2.21. The van der Waals surface area contributed by atoms with Crippen molar-refractivity contribution in [3.8, 4) is 0 Å². The van der Waals surface area contributed by atoms with Crippen LogP contribution < -0.4 is 0 Å². The second kappa shape index (κ2) is 41.3. The van der Waals surface area contributed by atoms with Crippen LogP contribution in [0.25, 0.3) is 0 Å². The summed E-state index contributed by atoms with van der Waals surface area (Å²) in [4.78, 5) is 0. The van der Waals surface area contributed by atoms with E-state index in [4.69, 9.17) is 20.9 Å². The average molecular weight is 719 g/mol. The molecule has 5 heteroatoms. The molecule has 0 spiro atoms. The van der Waals surface area contributed by atoms with Gasteiger partial charge in [0.05, 0.1) is 13.2 Å². The Labute approximate surface area is 307 Å². The second-order valence-electron chi connectivity index (χ2n) is 14.6. The Morgan fingerprint density at radius 3 is 0.787 bits per heavy atom. The van der Waals surface area contributed by atoms with Crippen LogP contribution in [0.15, 0.2) is 0 Å². The lowest BCUT2D eigenvalue weighted by atomic mass is 10.1. The molecule has 0 fully saturated rings. The van der Waals surface area contributed by atoms with Gasteiger partial charge in [-0.05, 0) is 31.1 Å².